The van der Waals surface area contributed by atoms with Crippen molar-refractivity contribution in [2.24, 2.45) is 0 Å². The number of methoxy groups -OCH3 is 1. The first-order valence-electron chi connectivity index (χ1n) is 4.83. The molecule has 0 aromatic carbocycles. The zero-order valence-corrected chi connectivity index (χ0v) is 10.0. The average molecular weight is 283 g/mol. The second-order valence-corrected chi connectivity index (χ2v) is 3.76. The molecule has 4 nitrogen and oxygen atoms in total. The quantitative estimate of drug-likeness (QED) is 0.677. The normalized spacial score (nSPS) is 13.2. The molecule has 8 heteroatoms. The third kappa shape index (κ3) is 4.15. The van der Waals surface area contributed by atoms with Gasteiger partial charge >= 0.3 is 12.1 Å². The lowest BCUT2D eigenvalue weighted by Crippen LogP contribution is -2.48. The van der Waals surface area contributed by atoms with Gasteiger partial charge in [-0.3, -0.25) is 10.1 Å². The van der Waals surface area contributed by atoms with Crippen molar-refractivity contribution >= 4 is 17.6 Å². The fourth-order valence-electron chi connectivity index (χ4n) is 1.18. The number of aromatic nitrogens is 1. The highest BCUT2D eigenvalue weighted by Gasteiger charge is 2.45. The van der Waals surface area contributed by atoms with Gasteiger partial charge in [0.15, 0.2) is 0 Å². The van der Waals surface area contributed by atoms with Gasteiger partial charge < -0.3 is 4.74 Å². The van der Waals surface area contributed by atoms with Crippen LogP contribution in [0.15, 0.2) is 18.3 Å². The molecule has 1 aromatic heterocycles. The van der Waals surface area contributed by atoms with Crippen LogP contribution in [-0.4, -0.2) is 30.3 Å². The summed E-state index contributed by atoms with van der Waals surface area (Å²) in [7, 11) is 0.895. The van der Waals surface area contributed by atoms with Gasteiger partial charge in [-0.15, -0.1) is 0 Å². The third-order valence-electron chi connectivity index (χ3n) is 2.06. The number of nitrogens with one attached hydrogen (secondary N) is 1. The van der Waals surface area contributed by atoms with Gasteiger partial charge in [0, 0.05) is 12.7 Å². The van der Waals surface area contributed by atoms with E-state index >= 15 is 0 Å². The van der Waals surface area contributed by atoms with Crippen LogP contribution in [0.1, 0.15) is 5.56 Å². The molecule has 1 rings (SSSR count). The second-order valence-electron chi connectivity index (χ2n) is 3.37. The van der Waals surface area contributed by atoms with E-state index in [1.807, 2.05) is 0 Å². The molecule has 0 bridgehead atoms. The number of halogens is 4. The minimum Gasteiger partial charge on any atom is -0.468 e. The summed E-state index contributed by atoms with van der Waals surface area (Å²) in [5.41, 5.74) is 0.470. The third-order valence-corrected chi connectivity index (χ3v) is 2.29. The van der Waals surface area contributed by atoms with E-state index in [9.17, 15) is 18.0 Å². The van der Waals surface area contributed by atoms with E-state index in [1.165, 1.54) is 18.3 Å². The fourth-order valence-corrected chi connectivity index (χ4v) is 1.29. The summed E-state index contributed by atoms with van der Waals surface area (Å²) >= 11 is 5.53. The van der Waals surface area contributed by atoms with Crippen LogP contribution in [0.3, 0.4) is 0 Å². The van der Waals surface area contributed by atoms with Crippen LogP contribution in [0, 0.1) is 0 Å². The van der Waals surface area contributed by atoms with Crippen LogP contribution in [0.4, 0.5) is 13.2 Å². The molecule has 1 heterocycles. The van der Waals surface area contributed by atoms with Crippen molar-refractivity contribution in [3.63, 3.8) is 0 Å². The number of nitrogens with zero attached hydrogens (tertiary/aromatic N) is 1. The summed E-state index contributed by atoms with van der Waals surface area (Å²) in [4.78, 5) is 14.7. The maximum Gasteiger partial charge on any atom is 0.414 e. The van der Waals surface area contributed by atoms with Crippen molar-refractivity contribution in [2.45, 2.75) is 18.8 Å². The number of alkyl halides is 3. The summed E-state index contributed by atoms with van der Waals surface area (Å²) in [5, 5.41) is 2.30. The molecule has 0 aliphatic heterocycles. The Kier molecular flexibility index (Phi) is 4.92. The molecule has 0 amide bonds. The van der Waals surface area contributed by atoms with E-state index < -0.39 is 18.2 Å². The van der Waals surface area contributed by atoms with Gasteiger partial charge in [0.25, 0.3) is 0 Å². The van der Waals surface area contributed by atoms with E-state index in [1.54, 1.807) is 0 Å². The minimum atomic E-state index is -4.72. The Morgan fingerprint density at radius 1 is 1.56 bits per heavy atom. The van der Waals surface area contributed by atoms with Crippen molar-refractivity contribution in [1.29, 1.82) is 0 Å². The SMILES string of the molecule is COC(=O)C(NCc1ccc(Cl)nc1)C(F)(F)F. The van der Waals surface area contributed by atoms with Crippen molar-refractivity contribution in [3.8, 4) is 0 Å². The molecular formula is C10H10ClF3N2O2. The molecule has 0 aliphatic rings. The first-order valence-corrected chi connectivity index (χ1v) is 5.20. The van der Waals surface area contributed by atoms with E-state index in [-0.39, 0.29) is 11.7 Å². The zero-order chi connectivity index (χ0) is 13.8. The van der Waals surface area contributed by atoms with Crippen LogP contribution < -0.4 is 5.32 Å². The van der Waals surface area contributed by atoms with Gasteiger partial charge in [0.2, 0.25) is 6.04 Å². The molecule has 0 saturated carbocycles. The van der Waals surface area contributed by atoms with Crippen molar-refractivity contribution in [1.82, 2.24) is 10.3 Å². The molecule has 18 heavy (non-hydrogen) atoms. The number of rotatable bonds is 4. The molecule has 100 valence electrons. The van der Waals surface area contributed by atoms with Crippen LogP contribution in [0.2, 0.25) is 5.15 Å². The monoisotopic (exact) mass is 282 g/mol. The number of ether oxygens (including phenoxy) is 1. The number of carbonyl (C=O) groups is 1. The summed E-state index contributed by atoms with van der Waals surface area (Å²) < 4.78 is 41.7. The maximum absolute atomic E-state index is 12.5. The topological polar surface area (TPSA) is 51.2 Å². The van der Waals surface area contributed by atoms with Gasteiger partial charge in [-0.05, 0) is 11.6 Å². The van der Waals surface area contributed by atoms with Crippen molar-refractivity contribution in [2.75, 3.05) is 7.11 Å². The predicted molar refractivity (Wildman–Crippen MR) is 57.9 cm³/mol. The molecule has 1 aromatic rings. The second kappa shape index (κ2) is 6.01. The van der Waals surface area contributed by atoms with Gasteiger partial charge in [-0.25, -0.2) is 4.98 Å². The number of hydrogen-bond donors (Lipinski definition) is 1. The Hall–Kier alpha value is -1.34. The largest absolute Gasteiger partial charge is 0.468 e. The summed E-state index contributed by atoms with van der Waals surface area (Å²) in [6.45, 7) is -0.177. The maximum atomic E-state index is 12.5. The van der Waals surface area contributed by atoms with Crippen LogP contribution in [0.5, 0.6) is 0 Å². The minimum absolute atomic E-state index is 0.177. The van der Waals surface area contributed by atoms with E-state index in [0.29, 0.717) is 5.56 Å². The first-order chi connectivity index (χ1) is 8.34. The molecular weight excluding hydrogens is 273 g/mol. The Bertz CT molecular complexity index is 409. The Morgan fingerprint density at radius 2 is 2.22 bits per heavy atom. The fraction of sp³-hybridized carbons (Fsp3) is 0.400. The predicted octanol–water partition coefficient (Wildman–Crippen LogP) is 1.93. The average Bonchev–Trinajstić information content (AvgIpc) is 2.29. The van der Waals surface area contributed by atoms with Gasteiger partial charge in [-0.1, -0.05) is 17.7 Å². The number of carbonyl (C=O) groups excluding carboxylic acids is 1. The van der Waals surface area contributed by atoms with E-state index in [0.717, 1.165) is 7.11 Å². The highest BCUT2D eigenvalue weighted by Crippen LogP contribution is 2.21. The van der Waals surface area contributed by atoms with Crippen molar-refractivity contribution in [3.05, 3.63) is 29.0 Å². The first kappa shape index (κ1) is 14.7. The summed E-state index contributed by atoms with van der Waals surface area (Å²) in [6.07, 6.45) is -3.40. The molecule has 0 saturated heterocycles. The lowest BCUT2D eigenvalue weighted by atomic mass is 10.2. The molecule has 0 aliphatic carbocycles. The van der Waals surface area contributed by atoms with E-state index in [4.69, 9.17) is 11.6 Å². The van der Waals surface area contributed by atoms with Gasteiger partial charge in [-0.2, -0.15) is 13.2 Å². The molecule has 1 atom stereocenters. The summed E-state index contributed by atoms with van der Waals surface area (Å²) in [5.74, 6) is -1.38. The molecule has 1 N–H and O–H groups in total. The number of esters is 1. The molecule has 1 unspecified atom stereocenters. The highest BCUT2D eigenvalue weighted by atomic mass is 35.5. The van der Waals surface area contributed by atoms with Crippen LogP contribution >= 0.6 is 11.6 Å². The Labute approximate surface area is 106 Å². The molecule has 0 spiro atoms. The van der Waals surface area contributed by atoms with E-state index in [2.05, 4.69) is 15.0 Å². The molecule has 0 radical (unpaired) electrons. The number of hydrogen-bond acceptors (Lipinski definition) is 4. The van der Waals surface area contributed by atoms with Crippen LogP contribution in [0.25, 0.3) is 0 Å². The van der Waals surface area contributed by atoms with Crippen LogP contribution in [-0.2, 0) is 16.1 Å². The Morgan fingerprint density at radius 3 is 2.67 bits per heavy atom. The highest BCUT2D eigenvalue weighted by molar-refractivity contribution is 6.29. The lowest BCUT2D eigenvalue weighted by molar-refractivity contribution is -0.182. The lowest BCUT2D eigenvalue weighted by Gasteiger charge is -2.19. The van der Waals surface area contributed by atoms with Crippen molar-refractivity contribution < 1.29 is 22.7 Å². The zero-order valence-electron chi connectivity index (χ0n) is 9.29. The van der Waals surface area contributed by atoms with Gasteiger partial charge in [0.1, 0.15) is 5.15 Å². The Balaban J connectivity index is 2.68. The standard InChI is InChI=1S/C10H10ClF3N2O2/c1-18-9(17)8(10(12,13)14)16-5-6-2-3-7(11)15-4-6/h2-4,8,16H,5H2,1H3. The number of pyridine rings is 1. The molecule has 0 fully saturated rings. The smallest absolute Gasteiger partial charge is 0.414 e. The summed E-state index contributed by atoms with van der Waals surface area (Å²) in [6, 6.07) is 0.588. The van der Waals surface area contributed by atoms with Gasteiger partial charge in [0.05, 0.1) is 7.11 Å².